The molecule has 2 N–H and O–H groups in total. The molecule has 1 aromatic carbocycles. The average Bonchev–Trinajstić information content (AvgIpc) is 2.75. The van der Waals surface area contributed by atoms with Gasteiger partial charge in [-0.25, -0.2) is 4.79 Å². The minimum absolute atomic E-state index is 0.00267. The van der Waals surface area contributed by atoms with E-state index in [4.69, 9.17) is 14.6 Å². The number of ether oxygens (including phenoxy) is 2. The highest BCUT2D eigenvalue weighted by Crippen LogP contribution is 2.17. The molecule has 0 saturated heterocycles. The molecule has 0 aliphatic rings. The van der Waals surface area contributed by atoms with E-state index in [1.807, 2.05) is 39.0 Å². The minimum Gasteiger partial charge on any atom is -0.489 e. The van der Waals surface area contributed by atoms with E-state index in [0.29, 0.717) is 18.0 Å². The molecule has 1 aromatic rings. The first-order chi connectivity index (χ1) is 15.2. The molecular formula is C25H38N2O5. The number of aliphatic hydroxyl groups excluding tert-OH is 1. The summed E-state index contributed by atoms with van der Waals surface area (Å²) >= 11 is 0. The second-order valence-corrected chi connectivity index (χ2v) is 7.45. The van der Waals surface area contributed by atoms with Crippen LogP contribution in [0, 0.1) is 0 Å². The SMILES string of the molecule is C=C/C=C\C(=C/C)COc1ccc(NC(=O)CN(CCO)C(=O)OC(C)(C)C)cc1.CC. The first-order valence-electron chi connectivity index (χ1n) is 10.7. The lowest BCUT2D eigenvalue weighted by molar-refractivity contribution is -0.117. The summed E-state index contributed by atoms with van der Waals surface area (Å²) in [5, 5.41) is 11.9. The van der Waals surface area contributed by atoms with Crippen molar-refractivity contribution in [3.05, 3.63) is 60.7 Å². The van der Waals surface area contributed by atoms with Gasteiger partial charge in [-0.1, -0.05) is 44.7 Å². The van der Waals surface area contributed by atoms with Crippen LogP contribution in [0.5, 0.6) is 5.75 Å². The Hall–Kier alpha value is -3.06. The molecule has 0 aromatic heterocycles. The van der Waals surface area contributed by atoms with Crippen molar-refractivity contribution in [2.45, 2.75) is 47.1 Å². The van der Waals surface area contributed by atoms with Crippen molar-refractivity contribution >= 4 is 17.7 Å². The van der Waals surface area contributed by atoms with Gasteiger partial charge in [0.05, 0.1) is 6.61 Å². The summed E-state index contributed by atoms with van der Waals surface area (Å²) in [6, 6.07) is 6.93. The topological polar surface area (TPSA) is 88.1 Å². The fourth-order valence-corrected chi connectivity index (χ4v) is 2.28. The largest absolute Gasteiger partial charge is 0.489 e. The molecule has 0 unspecified atom stereocenters. The summed E-state index contributed by atoms with van der Waals surface area (Å²) < 4.78 is 11.0. The third kappa shape index (κ3) is 12.6. The Kier molecular flexibility index (Phi) is 14.2. The molecule has 0 radical (unpaired) electrons. The molecule has 1 rings (SSSR count). The predicted molar refractivity (Wildman–Crippen MR) is 130 cm³/mol. The second-order valence-electron chi connectivity index (χ2n) is 7.45. The number of rotatable bonds is 10. The molecule has 0 heterocycles. The van der Waals surface area contributed by atoms with Gasteiger partial charge >= 0.3 is 6.09 Å². The van der Waals surface area contributed by atoms with Gasteiger partial charge in [0, 0.05) is 12.2 Å². The third-order valence-corrected chi connectivity index (χ3v) is 3.72. The Morgan fingerprint density at radius 1 is 1.19 bits per heavy atom. The van der Waals surface area contributed by atoms with Crippen molar-refractivity contribution in [1.29, 1.82) is 0 Å². The van der Waals surface area contributed by atoms with E-state index < -0.39 is 17.6 Å². The fourth-order valence-electron chi connectivity index (χ4n) is 2.28. The Morgan fingerprint density at radius 3 is 2.31 bits per heavy atom. The van der Waals surface area contributed by atoms with Gasteiger partial charge in [-0.3, -0.25) is 9.69 Å². The van der Waals surface area contributed by atoms with Crippen molar-refractivity contribution in [2.75, 3.05) is 31.6 Å². The molecular weight excluding hydrogens is 408 g/mol. The molecule has 0 bridgehead atoms. The first kappa shape index (κ1) is 28.9. The zero-order valence-electron chi connectivity index (χ0n) is 20.2. The highest BCUT2D eigenvalue weighted by molar-refractivity contribution is 5.93. The van der Waals surface area contributed by atoms with Crippen LogP contribution >= 0.6 is 0 Å². The van der Waals surface area contributed by atoms with E-state index in [0.717, 1.165) is 10.5 Å². The summed E-state index contributed by atoms with van der Waals surface area (Å²) in [5.74, 6) is 0.267. The number of nitrogens with zero attached hydrogens (tertiary/aromatic N) is 1. The van der Waals surface area contributed by atoms with Crippen LogP contribution in [0.25, 0.3) is 0 Å². The molecule has 0 atom stereocenters. The Labute approximate surface area is 192 Å². The van der Waals surface area contributed by atoms with Crippen LogP contribution in [0.15, 0.2) is 60.7 Å². The van der Waals surface area contributed by atoms with Crippen LogP contribution in [0.4, 0.5) is 10.5 Å². The van der Waals surface area contributed by atoms with Crippen LogP contribution < -0.4 is 10.1 Å². The number of nitrogens with one attached hydrogen (secondary N) is 1. The Bertz CT molecular complexity index is 762. The zero-order chi connectivity index (χ0) is 24.6. The van der Waals surface area contributed by atoms with Crippen LogP contribution in [0.1, 0.15) is 41.5 Å². The number of carbonyl (C=O) groups is 2. The van der Waals surface area contributed by atoms with Crippen molar-refractivity contribution in [3.63, 3.8) is 0 Å². The van der Waals surface area contributed by atoms with Gasteiger partial charge in [-0.15, -0.1) is 0 Å². The van der Waals surface area contributed by atoms with E-state index in [-0.39, 0.29) is 19.7 Å². The van der Waals surface area contributed by atoms with Gasteiger partial charge in [-0.2, -0.15) is 0 Å². The van der Waals surface area contributed by atoms with Crippen molar-refractivity contribution in [2.24, 2.45) is 0 Å². The molecule has 7 nitrogen and oxygen atoms in total. The quantitative estimate of drug-likeness (QED) is 0.497. The number of benzene rings is 1. The van der Waals surface area contributed by atoms with Gasteiger partial charge < -0.3 is 19.9 Å². The molecule has 2 amide bonds. The number of anilines is 1. The van der Waals surface area contributed by atoms with Gasteiger partial charge in [0.2, 0.25) is 5.91 Å². The Morgan fingerprint density at radius 2 is 1.81 bits per heavy atom. The summed E-state index contributed by atoms with van der Waals surface area (Å²) in [6.45, 7) is 14.7. The molecule has 0 fully saturated rings. The van der Waals surface area contributed by atoms with Gasteiger partial charge in [0.15, 0.2) is 0 Å². The first-order valence-corrected chi connectivity index (χ1v) is 10.7. The number of allylic oxidation sites excluding steroid dienone is 3. The van der Waals surface area contributed by atoms with Crippen LogP contribution in [0.2, 0.25) is 0 Å². The summed E-state index contributed by atoms with van der Waals surface area (Å²) in [6.07, 6.45) is 6.77. The number of hydrogen-bond donors (Lipinski definition) is 2. The summed E-state index contributed by atoms with van der Waals surface area (Å²) in [5.41, 5.74) is 0.891. The molecule has 7 heteroatoms. The summed E-state index contributed by atoms with van der Waals surface area (Å²) in [7, 11) is 0. The van der Waals surface area contributed by atoms with E-state index >= 15 is 0 Å². The van der Waals surface area contributed by atoms with Crippen molar-refractivity contribution in [1.82, 2.24) is 4.90 Å². The number of aliphatic hydroxyl groups is 1. The lowest BCUT2D eigenvalue weighted by Crippen LogP contribution is -2.42. The predicted octanol–water partition coefficient (Wildman–Crippen LogP) is 4.95. The standard InChI is InChI=1S/C23H32N2O5.C2H6/c1-6-8-9-18(7-2)17-29-20-12-10-19(11-13-20)24-21(27)16-25(14-15-26)22(28)30-23(3,4)5;1-2/h6-13,26H,1,14-17H2,2-5H3,(H,24,27);1-2H3/b9-8-,18-7+;. The summed E-state index contributed by atoms with van der Waals surface area (Å²) in [4.78, 5) is 25.7. The fraction of sp³-hybridized carbons (Fsp3) is 0.440. The average molecular weight is 447 g/mol. The maximum absolute atomic E-state index is 12.3. The maximum atomic E-state index is 12.3. The molecule has 0 aliphatic heterocycles. The smallest absolute Gasteiger partial charge is 0.410 e. The van der Waals surface area contributed by atoms with Crippen LogP contribution in [0.3, 0.4) is 0 Å². The molecule has 178 valence electrons. The zero-order valence-corrected chi connectivity index (χ0v) is 20.2. The van der Waals surface area contributed by atoms with Gasteiger partial charge in [-0.05, 0) is 57.5 Å². The van der Waals surface area contributed by atoms with Gasteiger partial charge in [0.1, 0.15) is 24.5 Å². The van der Waals surface area contributed by atoms with E-state index in [9.17, 15) is 9.59 Å². The molecule has 0 spiro atoms. The van der Waals surface area contributed by atoms with Crippen molar-refractivity contribution in [3.8, 4) is 5.75 Å². The molecule has 0 aliphatic carbocycles. The Balaban J connectivity index is 0.00000466. The molecule has 0 saturated carbocycles. The normalized spacial score (nSPS) is 11.3. The highest BCUT2D eigenvalue weighted by atomic mass is 16.6. The van der Waals surface area contributed by atoms with Crippen molar-refractivity contribution < 1.29 is 24.2 Å². The lowest BCUT2D eigenvalue weighted by Gasteiger charge is -2.26. The van der Waals surface area contributed by atoms with E-state index in [1.54, 1.807) is 51.1 Å². The highest BCUT2D eigenvalue weighted by Gasteiger charge is 2.23. The number of amides is 2. The maximum Gasteiger partial charge on any atom is 0.410 e. The monoisotopic (exact) mass is 446 g/mol. The lowest BCUT2D eigenvalue weighted by atomic mass is 10.2. The second kappa shape index (κ2) is 15.7. The number of carbonyl (C=O) groups excluding carboxylic acids is 2. The third-order valence-electron chi connectivity index (χ3n) is 3.72. The van der Waals surface area contributed by atoms with Crippen LogP contribution in [-0.2, 0) is 9.53 Å². The molecule has 32 heavy (non-hydrogen) atoms. The minimum atomic E-state index is -0.689. The van der Waals surface area contributed by atoms with E-state index in [1.165, 1.54) is 0 Å². The van der Waals surface area contributed by atoms with Crippen LogP contribution in [-0.4, -0.2) is 53.9 Å². The van der Waals surface area contributed by atoms with E-state index in [2.05, 4.69) is 11.9 Å². The number of hydrogen-bond acceptors (Lipinski definition) is 5. The van der Waals surface area contributed by atoms with Gasteiger partial charge in [0.25, 0.3) is 0 Å².